The van der Waals surface area contributed by atoms with E-state index in [4.69, 9.17) is 10.5 Å². The van der Waals surface area contributed by atoms with E-state index < -0.39 is 5.97 Å². The molecule has 7 nitrogen and oxygen atoms in total. The first-order chi connectivity index (χ1) is 12.9. The molecule has 0 radical (unpaired) electrons. The van der Waals surface area contributed by atoms with E-state index in [9.17, 15) is 14.7 Å². The van der Waals surface area contributed by atoms with Crippen LogP contribution in [0.15, 0.2) is 18.2 Å². The van der Waals surface area contributed by atoms with E-state index in [1.54, 1.807) is 19.1 Å². The van der Waals surface area contributed by atoms with Crippen LogP contribution in [0.3, 0.4) is 0 Å². The monoisotopic (exact) mass is 371 g/mol. The number of nitrogens with two attached hydrogens (primary N) is 1. The fourth-order valence-electron chi connectivity index (χ4n) is 3.61. The van der Waals surface area contributed by atoms with E-state index in [2.05, 4.69) is 4.98 Å². The number of fused-ring (bicyclic) bond motifs is 1. The highest BCUT2D eigenvalue weighted by Crippen LogP contribution is 2.34. The Bertz CT molecular complexity index is 873. The number of carboxylic acid groups (broad SMARTS) is 1. The number of rotatable bonds is 5. The molecule has 2 heterocycles. The summed E-state index contributed by atoms with van der Waals surface area (Å²) in [6.07, 6.45) is 2.32. The molecule has 2 aromatic rings. The summed E-state index contributed by atoms with van der Waals surface area (Å²) in [6, 6.07) is 5.41. The Morgan fingerprint density at radius 2 is 2.04 bits per heavy atom. The molecule has 3 N–H and O–H groups in total. The van der Waals surface area contributed by atoms with Gasteiger partial charge in [-0.15, -0.1) is 0 Å². The summed E-state index contributed by atoms with van der Waals surface area (Å²) in [5.74, 6) is -0.00666. The number of aryl methyl sites for hydroxylation is 1. The van der Waals surface area contributed by atoms with Crippen LogP contribution in [0.25, 0.3) is 10.9 Å². The van der Waals surface area contributed by atoms with Gasteiger partial charge in [-0.3, -0.25) is 9.78 Å². The summed E-state index contributed by atoms with van der Waals surface area (Å²) in [7, 11) is 0. The Labute approximate surface area is 158 Å². The number of aromatic carboxylic acids is 1. The van der Waals surface area contributed by atoms with Gasteiger partial charge in [0.25, 0.3) is 0 Å². The van der Waals surface area contributed by atoms with Crippen LogP contribution in [0.2, 0.25) is 0 Å². The molecule has 1 aliphatic heterocycles. The first kappa shape index (κ1) is 18.9. The van der Waals surface area contributed by atoms with Gasteiger partial charge in [0, 0.05) is 19.5 Å². The fraction of sp³-hybridized carbons (Fsp3) is 0.450. The van der Waals surface area contributed by atoms with E-state index in [0.717, 1.165) is 25.9 Å². The number of piperidine rings is 1. The second-order valence-corrected chi connectivity index (χ2v) is 6.93. The number of hydrogen-bond donors (Lipinski definition) is 2. The summed E-state index contributed by atoms with van der Waals surface area (Å²) >= 11 is 0. The molecule has 1 aromatic heterocycles. The van der Waals surface area contributed by atoms with E-state index in [1.807, 2.05) is 17.9 Å². The van der Waals surface area contributed by atoms with Gasteiger partial charge in [0.2, 0.25) is 5.91 Å². The third-order valence-electron chi connectivity index (χ3n) is 5.15. The van der Waals surface area contributed by atoms with Crippen molar-refractivity contribution >= 4 is 28.5 Å². The number of aromatic nitrogens is 1. The van der Waals surface area contributed by atoms with Crippen molar-refractivity contribution in [3.8, 4) is 5.75 Å². The van der Waals surface area contributed by atoms with Gasteiger partial charge in [-0.05, 0) is 37.8 Å². The quantitative estimate of drug-likeness (QED) is 0.837. The van der Waals surface area contributed by atoms with Crippen LogP contribution in [0.1, 0.15) is 42.2 Å². The van der Waals surface area contributed by atoms with Gasteiger partial charge >= 0.3 is 5.97 Å². The lowest BCUT2D eigenvalue weighted by atomic mass is 9.97. The van der Waals surface area contributed by atoms with Crippen LogP contribution in [0.5, 0.6) is 5.75 Å². The van der Waals surface area contributed by atoms with Crippen molar-refractivity contribution in [3.63, 3.8) is 0 Å². The van der Waals surface area contributed by atoms with Crippen molar-refractivity contribution in [3.05, 3.63) is 29.5 Å². The maximum Gasteiger partial charge on any atom is 0.339 e. The van der Waals surface area contributed by atoms with Crippen molar-refractivity contribution in [2.75, 3.05) is 25.4 Å². The zero-order valence-electron chi connectivity index (χ0n) is 15.7. The topological polar surface area (TPSA) is 106 Å². The summed E-state index contributed by atoms with van der Waals surface area (Å²) in [6.45, 7) is 5.52. The number of anilines is 1. The number of benzene rings is 1. The minimum Gasteiger partial charge on any atom is -0.493 e. The SMILES string of the molecule is CCC(=O)N1CCC(COc2cccc3nc(C)c(C(=O)O)c(N)c23)CC1. The number of ether oxygens (including phenoxy) is 1. The van der Waals surface area contributed by atoms with Crippen LogP contribution < -0.4 is 10.5 Å². The van der Waals surface area contributed by atoms with Crippen molar-refractivity contribution in [2.24, 2.45) is 5.92 Å². The molecule has 144 valence electrons. The lowest BCUT2D eigenvalue weighted by molar-refractivity contribution is -0.132. The lowest BCUT2D eigenvalue weighted by Crippen LogP contribution is -2.39. The molecular formula is C20H25N3O4. The van der Waals surface area contributed by atoms with Crippen LogP contribution in [0.4, 0.5) is 5.69 Å². The van der Waals surface area contributed by atoms with Crippen LogP contribution >= 0.6 is 0 Å². The van der Waals surface area contributed by atoms with Gasteiger partial charge in [-0.25, -0.2) is 4.79 Å². The van der Waals surface area contributed by atoms with Crippen LogP contribution in [0, 0.1) is 12.8 Å². The summed E-state index contributed by atoms with van der Waals surface area (Å²) < 4.78 is 6.02. The molecule has 0 atom stereocenters. The lowest BCUT2D eigenvalue weighted by Gasteiger charge is -2.31. The number of amides is 1. The Kier molecular flexibility index (Phi) is 5.48. The van der Waals surface area contributed by atoms with Gasteiger partial charge in [-0.1, -0.05) is 13.0 Å². The van der Waals surface area contributed by atoms with Gasteiger partial charge in [0.15, 0.2) is 0 Å². The number of likely N-dealkylation sites (tertiary alicyclic amines) is 1. The predicted molar refractivity (Wildman–Crippen MR) is 103 cm³/mol. The Hall–Kier alpha value is -2.83. The molecule has 1 aromatic carbocycles. The highest BCUT2D eigenvalue weighted by atomic mass is 16.5. The third kappa shape index (κ3) is 3.82. The molecule has 0 aliphatic carbocycles. The minimum absolute atomic E-state index is 0.0185. The number of carbonyl (C=O) groups excluding carboxylic acids is 1. The minimum atomic E-state index is -1.10. The molecule has 1 saturated heterocycles. The number of carbonyl (C=O) groups is 2. The molecule has 3 rings (SSSR count). The van der Waals surface area contributed by atoms with Crippen molar-refractivity contribution in [1.82, 2.24) is 9.88 Å². The maximum atomic E-state index is 11.8. The second kappa shape index (κ2) is 7.82. The number of hydrogen-bond acceptors (Lipinski definition) is 5. The number of nitrogen functional groups attached to an aromatic ring is 1. The Morgan fingerprint density at radius 3 is 2.67 bits per heavy atom. The third-order valence-corrected chi connectivity index (χ3v) is 5.15. The smallest absolute Gasteiger partial charge is 0.339 e. The van der Waals surface area contributed by atoms with Crippen molar-refractivity contribution in [1.29, 1.82) is 0 Å². The van der Waals surface area contributed by atoms with E-state index in [0.29, 0.717) is 41.3 Å². The molecule has 0 saturated carbocycles. The van der Waals surface area contributed by atoms with Crippen molar-refractivity contribution in [2.45, 2.75) is 33.1 Å². The summed E-state index contributed by atoms with van der Waals surface area (Å²) in [4.78, 5) is 29.6. The van der Waals surface area contributed by atoms with Gasteiger partial charge in [-0.2, -0.15) is 0 Å². The molecule has 1 amide bonds. The van der Waals surface area contributed by atoms with E-state index >= 15 is 0 Å². The standard InChI is InChI=1S/C20H25N3O4/c1-3-16(24)23-9-7-13(8-10-23)11-27-15-6-4-5-14-18(15)19(21)17(20(25)26)12(2)22-14/h4-6,13H,3,7-11H2,1-2H3,(H2,21,22)(H,25,26). The normalized spacial score (nSPS) is 15.1. The average Bonchev–Trinajstić information content (AvgIpc) is 2.65. The molecule has 0 bridgehead atoms. The highest BCUT2D eigenvalue weighted by molar-refractivity contribution is 6.06. The molecule has 1 aliphatic rings. The number of nitrogens with zero attached hydrogens (tertiary/aromatic N) is 2. The van der Waals surface area contributed by atoms with Gasteiger partial charge in [0.05, 0.1) is 28.9 Å². The molecule has 7 heteroatoms. The highest BCUT2D eigenvalue weighted by Gasteiger charge is 2.23. The predicted octanol–water partition coefficient (Wildman–Crippen LogP) is 2.85. The average molecular weight is 371 g/mol. The zero-order chi connectivity index (χ0) is 19.6. The molecular weight excluding hydrogens is 346 g/mol. The van der Waals surface area contributed by atoms with Gasteiger partial charge < -0.3 is 20.5 Å². The van der Waals surface area contributed by atoms with Gasteiger partial charge in [0.1, 0.15) is 11.3 Å². The summed E-state index contributed by atoms with van der Waals surface area (Å²) in [5.41, 5.74) is 7.36. The van der Waals surface area contributed by atoms with Crippen LogP contribution in [-0.2, 0) is 4.79 Å². The molecule has 27 heavy (non-hydrogen) atoms. The van der Waals surface area contributed by atoms with Crippen molar-refractivity contribution < 1.29 is 19.4 Å². The van der Waals surface area contributed by atoms with E-state index in [1.165, 1.54) is 0 Å². The fourth-order valence-corrected chi connectivity index (χ4v) is 3.61. The van der Waals surface area contributed by atoms with E-state index in [-0.39, 0.29) is 17.2 Å². The Morgan fingerprint density at radius 1 is 1.33 bits per heavy atom. The maximum absolute atomic E-state index is 11.8. The largest absolute Gasteiger partial charge is 0.493 e. The first-order valence-corrected chi connectivity index (χ1v) is 9.25. The van der Waals surface area contributed by atoms with Crippen LogP contribution in [-0.4, -0.2) is 46.6 Å². The molecule has 1 fully saturated rings. The molecule has 0 spiro atoms. The second-order valence-electron chi connectivity index (χ2n) is 6.93. The number of pyridine rings is 1. The Balaban J connectivity index is 1.77. The zero-order valence-corrected chi connectivity index (χ0v) is 15.7. The number of carboxylic acids is 1. The first-order valence-electron chi connectivity index (χ1n) is 9.25. The summed E-state index contributed by atoms with van der Waals surface area (Å²) in [5, 5.41) is 9.97. The molecule has 0 unspecified atom stereocenters.